The molecule has 0 aliphatic carbocycles. The highest BCUT2D eigenvalue weighted by atomic mass is 32.2. The molecule has 124 valence electrons. The standard InChI is InChI=1S/C20H20O3S/c1-3-5-15-23-17-11-13-18(14-12-17)24-19(20(21)22-4-2)16-9-7-6-8-10-16/h6-14,19H,4,15H2,1-2H3. The summed E-state index contributed by atoms with van der Waals surface area (Å²) in [6, 6.07) is 17.3. The molecule has 1 atom stereocenters. The van der Waals surface area contributed by atoms with E-state index in [2.05, 4.69) is 11.8 Å². The van der Waals surface area contributed by atoms with Crippen LogP contribution in [0, 0.1) is 11.8 Å². The lowest BCUT2D eigenvalue weighted by molar-refractivity contribution is -0.142. The highest BCUT2D eigenvalue weighted by molar-refractivity contribution is 8.00. The fourth-order valence-corrected chi connectivity index (χ4v) is 3.06. The molecule has 0 aliphatic rings. The van der Waals surface area contributed by atoms with Crippen molar-refractivity contribution in [1.29, 1.82) is 0 Å². The summed E-state index contributed by atoms with van der Waals surface area (Å²) in [6.07, 6.45) is 0. The number of carbonyl (C=O) groups excluding carboxylic acids is 1. The molecule has 3 nitrogen and oxygen atoms in total. The van der Waals surface area contributed by atoms with Crippen LogP contribution in [0.15, 0.2) is 59.5 Å². The van der Waals surface area contributed by atoms with E-state index >= 15 is 0 Å². The predicted octanol–water partition coefficient (Wildman–Crippen LogP) is 4.49. The lowest BCUT2D eigenvalue weighted by Crippen LogP contribution is -2.13. The van der Waals surface area contributed by atoms with Gasteiger partial charge in [0.2, 0.25) is 0 Å². The third-order valence-electron chi connectivity index (χ3n) is 3.17. The number of carbonyl (C=O) groups is 1. The SMILES string of the molecule is CC#CCOc1ccc(SC(C(=O)OCC)c2ccccc2)cc1. The van der Waals surface area contributed by atoms with Crippen LogP contribution in [-0.2, 0) is 9.53 Å². The number of ether oxygens (including phenoxy) is 2. The molecule has 2 aromatic rings. The number of hydrogen-bond acceptors (Lipinski definition) is 4. The monoisotopic (exact) mass is 340 g/mol. The zero-order chi connectivity index (χ0) is 17.2. The molecule has 0 N–H and O–H groups in total. The Labute approximate surface area is 147 Å². The molecule has 0 fully saturated rings. The molecule has 4 heteroatoms. The lowest BCUT2D eigenvalue weighted by Gasteiger charge is -2.16. The normalized spacial score (nSPS) is 11.1. The van der Waals surface area contributed by atoms with Crippen LogP contribution >= 0.6 is 11.8 Å². The van der Waals surface area contributed by atoms with E-state index < -0.39 is 0 Å². The fraction of sp³-hybridized carbons (Fsp3) is 0.250. The van der Waals surface area contributed by atoms with Crippen LogP contribution in [0.1, 0.15) is 24.7 Å². The first-order valence-corrected chi connectivity index (χ1v) is 8.63. The zero-order valence-electron chi connectivity index (χ0n) is 13.8. The van der Waals surface area contributed by atoms with Crippen molar-refractivity contribution in [1.82, 2.24) is 0 Å². The van der Waals surface area contributed by atoms with E-state index in [4.69, 9.17) is 9.47 Å². The maximum Gasteiger partial charge on any atom is 0.323 e. The van der Waals surface area contributed by atoms with Gasteiger partial charge in [0.1, 0.15) is 17.6 Å². The molecule has 0 aliphatic heterocycles. The van der Waals surface area contributed by atoms with Crippen molar-refractivity contribution < 1.29 is 14.3 Å². The molecule has 0 aromatic heterocycles. The molecule has 0 bridgehead atoms. The van der Waals surface area contributed by atoms with E-state index in [9.17, 15) is 4.79 Å². The smallest absolute Gasteiger partial charge is 0.323 e. The minimum absolute atomic E-state index is 0.229. The number of thioether (sulfide) groups is 1. The molecule has 0 spiro atoms. The Morgan fingerprint density at radius 3 is 2.46 bits per heavy atom. The minimum atomic E-state index is -0.385. The van der Waals surface area contributed by atoms with Gasteiger partial charge in [0.15, 0.2) is 0 Å². The van der Waals surface area contributed by atoms with Gasteiger partial charge in [-0.25, -0.2) is 0 Å². The molecule has 0 saturated heterocycles. The second-order valence-corrected chi connectivity index (χ2v) is 6.03. The van der Waals surface area contributed by atoms with Crippen molar-refractivity contribution in [2.24, 2.45) is 0 Å². The average Bonchev–Trinajstić information content (AvgIpc) is 2.62. The molecule has 1 unspecified atom stereocenters. The van der Waals surface area contributed by atoms with Gasteiger partial charge < -0.3 is 9.47 Å². The van der Waals surface area contributed by atoms with E-state index in [-0.39, 0.29) is 11.2 Å². The summed E-state index contributed by atoms with van der Waals surface area (Å²) >= 11 is 1.47. The molecule has 0 heterocycles. The summed E-state index contributed by atoms with van der Waals surface area (Å²) in [6.45, 7) is 4.34. The van der Waals surface area contributed by atoms with E-state index in [1.165, 1.54) is 11.8 Å². The summed E-state index contributed by atoms with van der Waals surface area (Å²) in [7, 11) is 0. The largest absolute Gasteiger partial charge is 0.481 e. The van der Waals surface area contributed by atoms with Gasteiger partial charge in [-0.2, -0.15) is 0 Å². The van der Waals surface area contributed by atoms with Crippen molar-refractivity contribution in [2.75, 3.05) is 13.2 Å². The first-order chi connectivity index (χ1) is 11.7. The molecule has 0 radical (unpaired) electrons. The summed E-state index contributed by atoms with van der Waals surface area (Å²) in [5.41, 5.74) is 0.930. The third-order valence-corrected chi connectivity index (χ3v) is 4.41. The highest BCUT2D eigenvalue weighted by Crippen LogP contribution is 2.36. The van der Waals surface area contributed by atoms with Gasteiger partial charge in [-0.15, -0.1) is 17.7 Å². The van der Waals surface area contributed by atoms with Gasteiger partial charge in [-0.05, 0) is 43.7 Å². The number of rotatable bonds is 7. The molecule has 24 heavy (non-hydrogen) atoms. The maximum absolute atomic E-state index is 12.3. The Kier molecular flexibility index (Phi) is 7.25. The fourth-order valence-electron chi connectivity index (χ4n) is 2.04. The maximum atomic E-state index is 12.3. The average molecular weight is 340 g/mol. The Bertz CT molecular complexity index is 699. The van der Waals surface area contributed by atoms with Crippen LogP contribution in [0.25, 0.3) is 0 Å². The van der Waals surface area contributed by atoms with Gasteiger partial charge in [-0.3, -0.25) is 4.79 Å². The van der Waals surface area contributed by atoms with Gasteiger partial charge in [0, 0.05) is 4.90 Å². The van der Waals surface area contributed by atoms with Crippen molar-refractivity contribution in [3.05, 3.63) is 60.2 Å². The van der Waals surface area contributed by atoms with Crippen LogP contribution in [-0.4, -0.2) is 19.2 Å². The van der Waals surface area contributed by atoms with E-state index in [0.29, 0.717) is 13.2 Å². The molecular weight excluding hydrogens is 320 g/mol. The van der Waals surface area contributed by atoms with Crippen LogP contribution in [0.3, 0.4) is 0 Å². The molecular formula is C20H20O3S. The van der Waals surface area contributed by atoms with E-state index in [1.54, 1.807) is 6.92 Å². The second-order valence-electron chi connectivity index (χ2n) is 4.85. The van der Waals surface area contributed by atoms with Gasteiger partial charge in [-0.1, -0.05) is 36.3 Å². The minimum Gasteiger partial charge on any atom is -0.481 e. The number of esters is 1. The summed E-state index contributed by atoms with van der Waals surface area (Å²) in [4.78, 5) is 13.3. The number of hydrogen-bond donors (Lipinski definition) is 0. The van der Waals surface area contributed by atoms with Crippen molar-refractivity contribution in [3.63, 3.8) is 0 Å². The molecule has 0 saturated carbocycles. The Balaban J connectivity index is 2.11. The van der Waals surface area contributed by atoms with E-state index in [1.807, 2.05) is 61.5 Å². The molecule has 2 rings (SSSR count). The number of benzene rings is 2. The zero-order valence-corrected chi connectivity index (χ0v) is 14.6. The molecule has 0 amide bonds. The van der Waals surface area contributed by atoms with Crippen LogP contribution < -0.4 is 4.74 Å². The first kappa shape index (κ1) is 18.0. The van der Waals surface area contributed by atoms with Crippen LogP contribution in [0.5, 0.6) is 5.75 Å². The lowest BCUT2D eigenvalue weighted by atomic mass is 10.1. The van der Waals surface area contributed by atoms with Crippen molar-refractivity contribution in [2.45, 2.75) is 24.0 Å². The first-order valence-electron chi connectivity index (χ1n) is 7.75. The Morgan fingerprint density at radius 1 is 1.12 bits per heavy atom. The topological polar surface area (TPSA) is 35.5 Å². The van der Waals surface area contributed by atoms with Crippen molar-refractivity contribution in [3.8, 4) is 17.6 Å². The summed E-state index contributed by atoms with van der Waals surface area (Å²) in [5, 5.41) is -0.385. The Hall–Kier alpha value is -2.38. The highest BCUT2D eigenvalue weighted by Gasteiger charge is 2.23. The van der Waals surface area contributed by atoms with E-state index in [0.717, 1.165) is 16.2 Å². The molecule has 2 aromatic carbocycles. The van der Waals surface area contributed by atoms with Crippen molar-refractivity contribution >= 4 is 17.7 Å². The van der Waals surface area contributed by atoms with Crippen LogP contribution in [0.4, 0.5) is 0 Å². The quantitative estimate of drug-likeness (QED) is 0.423. The Morgan fingerprint density at radius 2 is 1.83 bits per heavy atom. The third kappa shape index (κ3) is 5.36. The van der Waals surface area contributed by atoms with Gasteiger partial charge in [0.05, 0.1) is 6.61 Å². The predicted molar refractivity (Wildman–Crippen MR) is 97.1 cm³/mol. The van der Waals surface area contributed by atoms with Crippen LogP contribution in [0.2, 0.25) is 0 Å². The van der Waals surface area contributed by atoms with Gasteiger partial charge in [0.25, 0.3) is 0 Å². The van der Waals surface area contributed by atoms with Gasteiger partial charge >= 0.3 is 5.97 Å². The second kappa shape index (κ2) is 9.69. The summed E-state index contributed by atoms with van der Waals surface area (Å²) in [5.74, 6) is 6.17. The summed E-state index contributed by atoms with van der Waals surface area (Å²) < 4.78 is 10.7.